The zero-order valence-corrected chi connectivity index (χ0v) is 13.8. The van der Waals surface area contributed by atoms with Gasteiger partial charge >= 0.3 is 5.97 Å². The minimum Gasteiger partial charge on any atom is -0.481 e. The van der Waals surface area contributed by atoms with Crippen molar-refractivity contribution in [3.8, 4) is 11.5 Å². The van der Waals surface area contributed by atoms with Crippen LogP contribution in [0.3, 0.4) is 0 Å². The Hall–Kier alpha value is -2.22. The summed E-state index contributed by atoms with van der Waals surface area (Å²) in [6.45, 7) is 2.13. The van der Waals surface area contributed by atoms with Gasteiger partial charge in [-0.2, -0.15) is 0 Å². The van der Waals surface area contributed by atoms with Crippen LogP contribution in [-0.2, 0) is 4.79 Å². The Kier molecular flexibility index (Phi) is 5.49. The van der Waals surface area contributed by atoms with Gasteiger partial charge in [0.15, 0.2) is 5.69 Å². The fraction of sp³-hybridized carbons (Fsp3) is 0.267. The van der Waals surface area contributed by atoms with Gasteiger partial charge in [-0.05, 0) is 25.1 Å². The van der Waals surface area contributed by atoms with Gasteiger partial charge in [-0.25, -0.2) is 9.37 Å². The molecule has 0 spiro atoms. The Labute approximate surface area is 140 Å². The molecule has 23 heavy (non-hydrogen) atoms. The predicted molar refractivity (Wildman–Crippen MR) is 83.4 cm³/mol. The number of rotatable bonds is 6. The number of aliphatic carboxylic acids is 1. The van der Waals surface area contributed by atoms with Crippen molar-refractivity contribution in [2.75, 3.05) is 13.1 Å². The maximum Gasteiger partial charge on any atom is 0.305 e. The van der Waals surface area contributed by atoms with Gasteiger partial charge in [0.05, 0.1) is 12.0 Å². The molecule has 8 heteroatoms. The van der Waals surface area contributed by atoms with E-state index in [4.69, 9.17) is 9.52 Å². The van der Waals surface area contributed by atoms with Crippen LogP contribution in [0.15, 0.2) is 33.4 Å². The molecule has 0 aliphatic heterocycles. The van der Waals surface area contributed by atoms with Gasteiger partial charge in [0.1, 0.15) is 12.1 Å². The second-order valence-corrected chi connectivity index (χ2v) is 5.61. The van der Waals surface area contributed by atoms with Gasteiger partial charge in [-0.1, -0.05) is 15.9 Å². The van der Waals surface area contributed by atoms with Crippen LogP contribution in [0.1, 0.15) is 23.8 Å². The zero-order valence-electron chi connectivity index (χ0n) is 12.3. The zero-order chi connectivity index (χ0) is 17.0. The van der Waals surface area contributed by atoms with Crippen LogP contribution in [0.2, 0.25) is 0 Å². The summed E-state index contributed by atoms with van der Waals surface area (Å²) in [5, 5.41) is 8.70. The van der Waals surface area contributed by atoms with Crippen LogP contribution in [0.25, 0.3) is 11.5 Å². The van der Waals surface area contributed by atoms with E-state index in [1.54, 1.807) is 13.0 Å². The summed E-state index contributed by atoms with van der Waals surface area (Å²) in [4.78, 5) is 28.2. The molecule has 0 bridgehead atoms. The number of hydrogen-bond acceptors (Lipinski definition) is 4. The largest absolute Gasteiger partial charge is 0.481 e. The maximum absolute atomic E-state index is 13.9. The summed E-state index contributed by atoms with van der Waals surface area (Å²) in [5.74, 6) is -1.98. The summed E-state index contributed by atoms with van der Waals surface area (Å²) < 4.78 is 19.6. The highest BCUT2D eigenvalue weighted by Crippen LogP contribution is 2.25. The number of nitrogens with zero attached hydrogens (tertiary/aromatic N) is 2. The molecule has 122 valence electrons. The van der Waals surface area contributed by atoms with E-state index < -0.39 is 17.7 Å². The number of aromatic nitrogens is 1. The second-order valence-electron chi connectivity index (χ2n) is 4.69. The number of carbonyl (C=O) groups excluding carboxylic acids is 1. The van der Waals surface area contributed by atoms with Crippen LogP contribution >= 0.6 is 15.9 Å². The topological polar surface area (TPSA) is 83.6 Å². The number of amides is 1. The second kappa shape index (κ2) is 7.36. The lowest BCUT2D eigenvalue weighted by Gasteiger charge is -2.18. The molecule has 0 unspecified atom stereocenters. The highest BCUT2D eigenvalue weighted by atomic mass is 79.9. The monoisotopic (exact) mass is 384 g/mol. The molecule has 0 atom stereocenters. The first-order valence-corrected chi connectivity index (χ1v) is 7.63. The van der Waals surface area contributed by atoms with Gasteiger partial charge in [-0.3, -0.25) is 9.59 Å². The van der Waals surface area contributed by atoms with E-state index >= 15 is 0 Å². The minimum absolute atomic E-state index is 0.00682. The number of benzene rings is 1. The molecule has 1 amide bonds. The van der Waals surface area contributed by atoms with Crippen molar-refractivity contribution in [2.45, 2.75) is 13.3 Å². The highest BCUT2D eigenvalue weighted by Gasteiger charge is 2.20. The molecule has 1 heterocycles. The van der Waals surface area contributed by atoms with Crippen molar-refractivity contribution in [3.05, 3.63) is 40.4 Å². The van der Waals surface area contributed by atoms with E-state index in [0.29, 0.717) is 11.0 Å². The minimum atomic E-state index is -0.992. The molecule has 0 saturated carbocycles. The summed E-state index contributed by atoms with van der Waals surface area (Å²) in [5.41, 5.74) is 0.149. The van der Waals surface area contributed by atoms with E-state index in [2.05, 4.69) is 20.9 Å². The third kappa shape index (κ3) is 4.16. The molecule has 0 saturated heterocycles. The van der Waals surface area contributed by atoms with Crippen molar-refractivity contribution in [2.24, 2.45) is 0 Å². The third-order valence-electron chi connectivity index (χ3n) is 3.15. The van der Waals surface area contributed by atoms with Crippen LogP contribution < -0.4 is 0 Å². The molecular weight excluding hydrogens is 371 g/mol. The highest BCUT2D eigenvalue weighted by molar-refractivity contribution is 9.10. The van der Waals surface area contributed by atoms with E-state index in [9.17, 15) is 14.0 Å². The Balaban J connectivity index is 2.20. The lowest BCUT2D eigenvalue weighted by atomic mass is 10.2. The van der Waals surface area contributed by atoms with Crippen LogP contribution in [-0.4, -0.2) is 40.0 Å². The summed E-state index contributed by atoms with van der Waals surface area (Å²) in [6, 6.07) is 4.39. The number of halogens is 2. The van der Waals surface area contributed by atoms with E-state index in [1.807, 2.05) is 0 Å². The molecule has 2 rings (SSSR count). The van der Waals surface area contributed by atoms with Gasteiger partial charge in [-0.15, -0.1) is 0 Å². The number of carboxylic acids is 1. The first-order valence-electron chi connectivity index (χ1n) is 6.84. The SMILES string of the molecule is CCN(CCC(=O)O)C(=O)c1coc(-c2ccc(Br)cc2F)n1. The lowest BCUT2D eigenvalue weighted by Crippen LogP contribution is -2.33. The van der Waals surface area contributed by atoms with Crippen molar-refractivity contribution < 1.29 is 23.5 Å². The number of oxazole rings is 1. The van der Waals surface area contributed by atoms with E-state index in [-0.39, 0.29) is 30.1 Å². The van der Waals surface area contributed by atoms with Crippen molar-refractivity contribution in [1.82, 2.24) is 9.88 Å². The summed E-state index contributed by atoms with van der Waals surface area (Å²) >= 11 is 3.15. The van der Waals surface area contributed by atoms with Gasteiger partial charge in [0.2, 0.25) is 5.89 Å². The standard InChI is InChI=1S/C15H14BrFN2O4/c1-2-19(6-5-13(20)21)15(22)12-8-23-14(18-12)10-4-3-9(16)7-11(10)17/h3-4,7-8H,2,5-6H2,1H3,(H,20,21). The summed E-state index contributed by atoms with van der Waals surface area (Å²) in [7, 11) is 0. The average Bonchev–Trinajstić information content (AvgIpc) is 2.97. The molecule has 1 N–H and O–H groups in total. The van der Waals surface area contributed by atoms with E-state index in [0.717, 1.165) is 6.26 Å². The maximum atomic E-state index is 13.9. The fourth-order valence-corrected chi connectivity index (χ4v) is 2.29. The molecule has 1 aromatic carbocycles. The Morgan fingerprint density at radius 1 is 1.43 bits per heavy atom. The first-order chi connectivity index (χ1) is 10.9. The Bertz CT molecular complexity index is 732. The molecule has 0 radical (unpaired) electrons. The van der Waals surface area contributed by atoms with E-state index in [1.165, 1.54) is 17.0 Å². The Morgan fingerprint density at radius 2 is 2.17 bits per heavy atom. The normalized spacial score (nSPS) is 10.6. The number of hydrogen-bond donors (Lipinski definition) is 1. The molecular formula is C15H14BrFN2O4. The van der Waals surface area contributed by atoms with Crippen molar-refractivity contribution in [1.29, 1.82) is 0 Å². The molecule has 2 aromatic rings. The third-order valence-corrected chi connectivity index (χ3v) is 3.64. The molecule has 1 aromatic heterocycles. The molecule has 6 nitrogen and oxygen atoms in total. The summed E-state index contributed by atoms with van der Waals surface area (Å²) in [6.07, 6.45) is 0.980. The predicted octanol–water partition coefficient (Wildman–Crippen LogP) is 3.18. The Morgan fingerprint density at radius 3 is 2.78 bits per heavy atom. The average molecular weight is 385 g/mol. The van der Waals surface area contributed by atoms with Gasteiger partial charge in [0.25, 0.3) is 5.91 Å². The molecule has 0 fully saturated rings. The quantitative estimate of drug-likeness (QED) is 0.826. The van der Waals surface area contributed by atoms with Crippen LogP contribution in [0.5, 0.6) is 0 Å². The molecule has 0 aliphatic rings. The lowest BCUT2D eigenvalue weighted by molar-refractivity contribution is -0.137. The first kappa shape index (κ1) is 17.1. The van der Waals surface area contributed by atoms with Crippen molar-refractivity contribution in [3.63, 3.8) is 0 Å². The van der Waals surface area contributed by atoms with Crippen LogP contribution in [0.4, 0.5) is 4.39 Å². The number of carbonyl (C=O) groups is 2. The number of carboxylic acid groups (broad SMARTS) is 1. The van der Waals surface area contributed by atoms with Crippen molar-refractivity contribution >= 4 is 27.8 Å². The van der Waals surface area contributed by atoms with Gasteiger partial charge in [0, 0.05) is 17.6 Å². The van der Waals surface area contributed by atoms with Gasteiger partial charge < -0.3 is 14.4 Å². The van der Waals surface area contributed by atoms with Crippen LogP contribution in [0, 0.1) is 5.82 Å². The molecule has 0 aliphatic carbocycles. The fourth-order valence-electron chi connectivity index (χ4n) is 1.95. The smallest absolute Gasteiger partial charge is 0.305 e.